The first-order chi connectivity index (χ1) is 21.1. The quantitative estimate of drug-likeness (QED) is 0.0170. The van der Waals surface area contributed by atoms with Crippen LogP contribution in [0.5, 0.6) is 0 Å². The largest absolute Gasteiger partial charge is 0.447 e. The molecule has 0 aromatic rings. The fourth-order valence-electron chi connectivity index (χ4n) is 4.05. The number of nitrogens with zero attached hydrogens (tertiary/aromatic N) is 4. The minimum absolute atomic E-state index is 0.0974. The van der Waals surface area contributed by atoms with Gasteiger partial charge in [0.1, 0.15) is 26.6 Å². The highest BCUT2D eigenvalue weighted by Crippen LogP contribution is 2.11. The minimum atomic E-state index is -0.491. The highest BCUT2D eigenvalue weighted by atomic mass is 17.2. The van der Waals surface area contributed by atoms with E-state index < -0.39 is 6.09 Å². The molecule has 14 heteroatoms. The SMILES string of the molecule is C=C(C)COOCCOC(=O)NCCCCCCN(OC=NCCCCCCN=C=O)OCNC1CCCCC[N+]1=C=O. The molecule has 2 N–H and O–H groups in total. The zero-order chi connectivity index (χ0) is 31.2. The van der Waals surface area contributed by atoms with E-state index in [0.29, 0.717) is 39.3 Å². The number of hydrogen-bond acceptors (Lipinski definition) is 12. The summed E-state index contributed by atoms with van der Waals surface area (Å²) in [7, 11) is 0. The van der Waals surface area contributed by atoms with Crippen molar-refractivity contribution in [1.29, 1.82) is 0 Å². The molecule has 14 nitrogen and oxygen atoms in total. The average molecular weight is 612 g/mol. The van der Waals surface area contributed by atoms with Crippen LogP contribution in [0.15, 0.2) is 22.1 Å². The van der Waals surface area contributed by atoms with Gasteiger partial charge in [-0.3, -0.25) is 4.99 Å². The fourth-order valence-corrected chi connectivity index (χ4v) is 4.05. The second kappa shape index (κ2) is 27.8. The number of hydroxylamine groups is 2. The van der Waals surface area contributed by atoms with Crippen LogP contribution < -0.4 is 10.6 Å². The molecule has 0 bridgehead atoms. The molecule has 1 heterocycles. The normalized spacial score (nSPS) is 15.1. The van der Waals surface area contributed by atoms with E-state index >= 15 is 0 Å². The maximum Gasteiger partial charge on any atom is 0.425 e. The van der Waals surface area contributed by atoms with Gasteiger partial charge in [0.25, 0.3) is 0 Å². The van der Waals surface area contributed by atoms with Crippen LogP contribution in [0.4, 0.5) is 4.79 Å². The van der Waals surface area contributed by atoms with Crippen LogP contribution in [-0.2, 0) is 33.8 Å². The third-order valence-corrected chi connectivity index (χ3v) is 6.33. The minimum Gasteiger partial charge on any atom is -0.447 e. The smallest absolute Gasteiger partial charge is 0.425 e. The first kappa shape index (κ1) is 38.1. The van der Waals surface area contributed by atoms with Crippen LogP contribution in [-0.4, -0.2) is 99.9 Å². The van der Waals surface area contributed by atoms with Gasteiger partial charge in [0.15, 0.2) is 12.9 Å². The number of unbranched alkanes of at least 4 members (excludes halogenated alkanes) is 6. The molecule has 1 atom stereocenters. The number of carbonyl (C=O) groups excluding carboxylic acids is 3. The summed E-state index contributed by atoms with van der Waals surface area (Å²) in [5, 5.41) is 7.38. The Morgan fingerprint density at radius 2 is 1.81 bits per heavy atom. The van der Waals surface area contributed by atoms with E-state index in [4.69, 9.17) is 24.2 Å². The molecule has 1 amide bonds. The van der Waals surface area contributed by atoms with Gasteiger partial charge in [-0.1, -0.05) is 37.8 Å². The van der Waals surface area contributed by atoms with Crippen molar-refractivity contribution in [2.24, 2.45) is 9.98 Å². The van der Waals surface area contributed by atoms with E-state index in [1.54, 1.807) is 10.7 Å². The van der Waals surface area contributed by atoms with Crippen LogP contribution in [0, 0.1) is 0 Å². The number of nitrogens with one attached hydrogen (secondary N) is 2. The Hall–Kier alpha value is -2.96. The first-order valence-electron chi connectivity index (χ1n) is 15.3. The molecular formula is C29H51N6O8+. The number of ether oxygens (including phenoxy) is 1. The highest BCUT2D eigenvalue weighted by Gasteiger charge is 2.24. The molecule has 0 aromatic carbocycles. The van der Waals surface area contributed by atoms with E-state index in [9.17, 15) is 14.4 Å². The monoisotopic (exact) mass is 611 g/mol. The molecule has 0 radical (unpaired) electrons. The third kappa shape index (κ3) is 23.2. The molecular weight excluding hydrogens is 560 g/mol. The first-order valence-corrected chi connectivity index (χ1v) is 15.3. The lowest BCUT2D eigenvalue weighted by atomic mass is 10.2. The van der Waals surface area contributed by atoms with Gasteiger partial charge < -0.3 is 14.9 Å². The maximum atomic E-state index is 11.7. The summed E-state index contributed by atoms with van der Waals surface area (Å²) in [5.74, 6) is 0. The summed E-state index contributed by atoms with van der Waals surface area (Å²) in [6.45, 7) is 9.09. The molecule has 1 aliphatic heterocycles. The third-order valence-electron chi connectivity index (χ3n) is 6.33. The van der Waals surface area contributed by atoms with Crippen molar-refractivity contribution in [3.05, 3.63) is 12.2 Å². The maximum absolute atomic E-state index is 11.7. The van der Waals surface area contributed by atoms with Crippen molar-refractivity contribution in [3.63, 3.8) is 0 Å². The summed E-state index contributed by atoms with van der Waals surface area (Å²) in [4.78, 5) is 62.2. The number of rotatable bonds is 26. The van der Waals surface area contributed by atoms with Gasteiger partial charge in [0.05, 0.1) is 13.1 Å². The predicted molar refractivity (Wildman–Crippen MR) is 159 cm³/mol. The summed E-state index contributed by atoms with van der Waals surface area (Å²) < 4.78 is 6.68. The number of aliphatic imine (C=N–C) groups is 2. The number of carbonyl (C=O) groups is 1. The van der Waals surface area contributed by atoms with E-state index in [1.165, 1.54) is 11.6 Å². The Labute approximate surface area is 255 Å². The van der Waals surface area contributed by atoms with Gasteiger partial charge in [-0.2, -0.15) is 4.79 Å². The molecule has 43 heavy (non-hydrogen) atoms. The number of amides is 1. The lowest BCUT2D eigenvalue weighted by Crippen LogP contribution is -2.42. The Balaban J connectivity index is 2.28. The summed E-state index contributed by atoms with van der Waals surface area (Å²) in [6.07, 6.45) is 15.5. The Kier molecular flexibility index (Phi) is 24.7. The molecule has 0 aromatic heterocycles. The van der Waals surface area contributed by atoms with E-state index in [2.05, 4.69) is 27.2 Å². The topological polar surface area (TPSA) is 152 Å². The van der Waals surface area contributed by atoms with Gasteiger partial charge in [0.2, 0.25) is 12.2 Å². The Morgan fingerprint density at radius 1 is 1.02 bits per heavy atom. The molecule has 0 spiro atoms. The molecule has 1 rings (SSSR count). The van der Waals surface area contributed by atoms with E-state index in [0.717, 1.165) is 82.6 Å². The molecule has 1 unspecified atom stereocenters. The van der Waals surface area contributed by atoms with Crippen molar-refractivity contribution < 1.29 is 43.1 Å². The molecule has 0 saturated carbocycles. The average Bonchev–Trinajstić information content (AvgIpc) is 3.23. The van der Waals surface area contributed by atoms with Crippen molar-refractivity contribution in [3.8, 4) is 0 Å². The number of hydrogen-bond donors (Lipinski definition) is 2. The lowest BCUT2D eigenvalue weighted by Gasteiger charge is -2.20. The summed E-state index contributed by atoms with van der Waals surface area (Å²) in [6, 6.07) is 0. The van der Waals surface area contributed by atoms with Crippen LogP contribution >= 0.6 is 0 Å². The van der Waals surface area contributed by atoms with Crippen molar-refractivity contribution in [1.82, 2.24) is 15.9 Å². The van der Waals surface area contributed by atoms with E-state index in [-0.39, 0.29) is 26.1 Å². The zero-order valence-electron chi connectivity index (χ0n) is 25.8. The zero-order valence-corrected chi connectivity index (χ0v) is 25.8. The molecule has 0 aliphatic carbocycles. The van der Waals surface area contributed by atoms with Crippen LogP contribution in [0.25, 0.3) is 0 Å². The van der Waals surface area contributed by atoms with Gasteiger partial charge >= 0.3 is 12.2 Å². The molecule has 244 valence electrons. The molecule has 1 saturated heterocycles. The van der Waals surface area contributed by atoms with Crippen molar-refractivity contribution >= 4 is 24.7 Å². The number of isocyanates is 2. The van der Waals surface area contributed by atoms with Crippen LogP contribution in [0.3, 0.4) is 0 Å². The van der Waals surface area contributed by atoms with E-state index in [1.807, 2.05) is 13.0 Å². The Bertz CT molecular complexity index is 877. The standard InChI is InChI=1S/C29H50N6O8/c1-27(2)22-43-42-21-20-39-29(38)32-17-11-5-6-13-19-35(40-24-31-16-10-4-3-9-15-30-23-36)41-25-33-28-14-8-7-12-18-34(28)26-37/h24,28,33H,1,3-22,25H2,2H3/p+1. The second-order valence-electron chi connectivity index (χ2n) is 10.2. The van der Waals surface area contributed by atoms with Crippen LogP contribution in [0.1, 0.15) is 84.0 Å². The predicted octanol–water partition coefficient (Wildman–Crippen LogP) is 3.68. The van der Waals surface area contributed by atoms with Crippen LogP contribution in [0.2, 0.25) is 0 Å². The molecule has 1 aliphatic rings. The second-order valence-corrected chi connectivity index (χ2v) is 10.2. The van der Waals surface area contributed by atoms with Gasteiger partial charge in [-0.15, -0.1) is 4.58 Å². The Morgan fingerprint density at radius 3 is 2.60 bits per heavy atom. The highest BCUT2D eigenvalue weighted by molar-refractivity contribution is 5.66. The summed E-state index contributed by atoms with van der Waals surface area (Å²) >= 11 is 0. The van der Waals surface area contributed by atoms with Gasteiger partial charge in [-0.25, -0.2) is 34.5 Å². The van der Waals surface area contributed by atoms with Crippen molar-refractivity contribution in [2.75, 3.05) is 59.3 Å². The fraction of sp³-hybridized carbons (Fsp3) is 0.793. The van der Waals surface area contributed by atoms with Gasteiger partial charge in [-0.05, 0) is 50.7 Å². The number of alkyl carbamates (subject to hydrolysis) is 1. The lowest BCUT2D eigenvalue weighted by molar-refractivity contribution is -0.570. The van der Waals surface area contributed by atoms with Gasteiger partial charge in [0, 0.05) is 25.9 Å². The molecule has 1 fully saturated rings. The van der Waals surface area contributed by atoms with Crippen molar-refractivity contribution in [2.45, 2.75) is 90.1 Å². The summed E-state index contributed by atoms with van der Waals surface area (Å²) in [5.41, 5.74) is 0.839.